The van der Waals surface area contributed by atoms with E-state index in [0.29, 0.717) is 27.7 Å². The fraction of sp³-hybridized carbons (Fsp3) is 0. The maximum atomic E-state index is 10.7. The van der Waals surface area contributed by atoms with Crippen molar-refractivity contribution in [3.63, 3.8) is 0 Å². The van der Waals surface area contributed by atoms with Crippen molar-refractivity contribution in [3.05, 3.63) is 87.1 Å². The number of furan rings is 1. The fourth-order valence-corrected chi connectivity index (χ4v) is 2.55. The zero-order chi connectivity index (χ0) is 17.8. The second kappa shape index (κ2) is 7.04. The minimum absolute atomic E-state index is 0.0277. The third-order valence-electron chi connectivity index (χ3n) is 3.56. The van der Waals surface area contributed by atoms with Crippen LogP contribution < -0.4 is 0 Å². The molecule has 0 atom stereocenters. The van der Waals surface area contributed by atoms with Crippen molar-refractivity contribution in [3.8, 4) is 17.4 Å². The van der Waals surface area contributed by atoms with Gasteiger partial charge in [-0.3, -0.25) is 10.1 Å². The Balaban J connectivity index is 1.92. The lowest BCUT2D eigenvalue weighted by atomic mass is 10.1. The van der Waals surface area contributed by atoms with Crippen LogP contribution in [0.25, 0.3) is 23.0 Å². The molecule has 6 heteroatoms. The summed E-state index contributed by atoms with van der Waals surface area (Å²) >= 11 is 6.15. The van der Waals surface area contributed by atoms with E-state index in [-0.39, 0.29) is 5.69 Å². The summed E-state index contributed by atoms with van der Waals surface area (Å²) in [5.74, 6) is 1.09. The normalized spacial score (nSPS) is 11.1. The minimum atomic E-state index is -0.484. The maximum Gasteiger partial charge on any atom is 0.269 e. The molecule has 0 aliphatic heterocycles. The van der Waals surface area contributed by atoms with Gasteiger partial charge in [0.15, 0.2) is 0 Å². The number of nitro benzene ring substituents is 1. The molecule has 122 valence electrons. The molecule has 0 saturated heterocycles. The number of nitro groups is 1. The summed E-state index contributed by atoms with van der Waals surface area (Å²) in [6.45, 7) is 0. The Morgan fingerprint density at radius 3 is 2.48 bits per heavy atom. The number of rotatable bonds is 4. The highest BCUT2D eigenvalue weighted by atomic mass is 35.5. The van der Waals surface area contributed by atoms with E-state index in [1.165, 1.54) is 24.3 Å². The van der Waals surface area contributed by atoms with Crippen LogP contribution in [0, 0.1) is 21.4 Å². The Bertz CT molecular complexity index is 998. The Morgan fingerprint density at radius 2 is 1.84 bits per heavy atom. The summed E-state index contributed by atoms with van der Waals surface area (Å²) in [5, 5.41) is 20.7. The van der Waals surface area contributed by atoms with Gasteiger partial charge < -0.3 is 4.42 Å². The topological polar surface area (TPSA) is 80.1 Å². The van der Waals surface area contributed by atoms with Crippen molar-refractivity contribution >= 4 is 28.9 Å². The highest BCUT2D eigenvalue weighted by Gasteiger charge is 2.10. The Morgan fingerprint density at radius 1 is 1.12 bits per heavy atom. The van der Waals surface area contributed by atoms with E-state index in [1.54, 1.807) is 24.3 Å². The van der Waals surface area contributed by atoms with Gasteiger partial charge >= 0.3 is 0 Å². The highest BCUT2D eigenvalue weighted by Crippen LogP contribution is 2.30. The maximum absolute atomic E-state index is 10.7. The number of nitrogens with zero attached hydrogens (tertiary/aromatic N) is 2. The fourth-order valence-electron chi connectivity index (χ4n) is 2.32. The van der Waals surface area contributed by atoms with Crippen molar-refractivity contribution in [2.45, 2.75) is 0 Å². The zero-order valence-corrected chi connectivity index (χ0v) is 13.6. The van der Waals surface area contributed by atoms with Crippen LogP contribution in [0.5, 0.6) is 0 Å². The summed E-state index contributed by atoms with van der Waals surface area (Å²) in [6.07, 6.45) is 1.58. The lowest BCUT2D eigenvalue weighted by Gasteiger charge is -2.00. The van der Waals surface area contributed by atoms with Gasteiger partial charge in [-0.15, -0.1) is 0 Å². The quantitative estimate of drug-likeness (QED) is 0.350. The third kappa shape index (κ3) is 3.60. The number of benzene rings is 2. The first kappa shape index (κ1) is 16.5. The average molecular weight is 351 g/mol. The second-order valence-corrected chi connectivity index (χ2v) is 5.56. The second-order valence-electron chi connectivity index (χ2n) is 5.16. The molecule has 0 unspecified atom stereocenters. The van der Waals surface area contributed by atoms with Crippen LogP contribution in [0.15, 0.2) is 65.1 Å². The molecule has 25 heavy (non-hydrogen) atoms. The molecule has 0 fully saturated rings. The van der Waals surface area contributed by atoms with Gasteiger partial charge in [0.2, 0.25) is 0 Å². The molecule has 5 nitrogen and oxygen atoms in total. The number of hydrogen-bond acceptors (Lipinski definition) is 4. The van der Waals surface area contributed by atoms with Crippen molar-refractivity contribution in [2.24, 2.45) is 0 Å². The molecule has 0 aliphatic carbocycles. The van der Waals surface area contributed by atoms with Crippen LogP contribution >= 0.6 is 11.6 Å². The van der Waals surface area contributed by atoms with Gasteiger partial charge in [0.1, 0.15) is 11.5 Å². The van der Waals surface area contributed by atoms with Gasteiger partial charge in [-0.25, -0.2) is 0 Å². The lowest BCUT2D eigenvalue weighted by molar-refractivity contribution is -0.384. The number of nitriles is 1. The van der Waals surface area contributed by atoms with Gasteiger partial charge in [0, 0.05) is 17.7 Å². The van der Waals surface area contributed by atoms with Crippen LogP contribution in [-0.4, -0.2) is 4.92 Å². The Kier molecular flexibility index (Phi) is 4.64. The molecule has 1 heterocycles. The largest absolute Gasteiger partial charge is 0.457 e. The molecule has 0 radical (unpaired) electrons. The van der Waals surface area contributed by atoms with Crippen LogP contribution in [0.4, 0.5) is 5.69 Å². The zero-order valence-electron chi connectivity index (χ0n) is 12.8. The summed E-state index contributed by atoms with van der Waals surface area (Å²) in [5.41, 5.74) is 1.65. The highest BCUT2D eigenvalue weighted by molar-refractivity contribution is 6.33. The van der Waals surface area contributed by atoms with Crippen molar-refractivity contribution in [2.75, 3.05) is 0 Å². The van der Waals surface area contributed by atoms with Crippen molar-refractivity contribution in [1.29, 1.82) is 5.26 Å². The standard InChI is InChI=1S/C19H11ClN2O3/c20-18-4-2-1-3-17(18)19-10-9-16(25-19)11-14(12-21)13-5-7-15(8-6-13)22(23)24/h1-11H. The molecule has 3 aromatic rings. The van der Waals surface area contributed by atoms with Gasteiger partial charge in [0.05, 0.1) is 21.6 Å². The minimum Gasteiger partial charge on any atom is -0.457 e. The van der Waals surface area contributed by atoms with E-state index in [1.807, 2.05) is 18.2 Å². The number of hydrogen-bond donors (Lipinski definition) is 0. The molecular weight excluding hydrogens is 340 g/mol. The third-order valence-corrected chi connectivity index (χ3v) is 3.89. The predicted molar refractivity (Wildman–Crippen MR) is 95.7 cm³/mol. The van der Waals surface area contributed by atoms with Crippen LogP contribution in [0.3, 0.4) is 0 Å². The van der Waals surface area contributed by atoms with E-state index in [2.05, 4.69) is 6.07 Å². The molecular formula is C19H11ClN2O3. The molecule has 0 aliphatic rings. The van der Waals surface area contributed by atoms with E-state index in [4.69, 9.17) is 16.0 Å². The molecule has 0 spiro atoms. The van der Waals surface area contributed by atoms with Crippen LogP contribution in [-0.2, 0) is 0 Å². The predicted octanol–water partition coefficient (Wildman–Crippen LogP) is 5.57. The Hall–Kier alpha value is -3.36. The van der Waals surface area contributed by atoms with Crippen LogP contribution in [0.2, 0.25) is 5.02 Å². The van der Waals surface area contributed by atoms with E-state index in [0.717, 1.165) is 5.56 Å². The molecule has 2 aromatic carbocycles. The number of non-ortho nitro benzene ring substituents is 1. The van der Waals surface area contributed by atoms with Crippen LogP contribution in [0.1, 0.15) is 11.3 Å². The van der Waals surface area contributed by atoms with E-state index >= 15 is 0 Å². The summed E-state index contributed by atoms with van der Waals surface area (Å²) in [6, 6.07) is 18.7. The molecule has 3 rings (SSSR count). The summed E-state index contributed by atoms with van der Waals surface area (Å²) in [7, 11) is 0. The first-order chi connectivity index (χ1) is 12.1. The van der Waals surface area contributed by atoms with E-state index < -0.39 is 4.92 Å². The average Bonchev–Trinajstić information content (AvgIpc) is 3.08. The SMILES string of the molecule is N#CC(=Cc1ccc(-c2ccccc2Cl)o1)c1ccc([N+](=O)[O-])cc1. The lowest BCUT2D eigenvalue weighted by Crippen LogP contribution is -1.88. The first-order valence-electron chi connectivity index (χ1n) is 7.30. The van der Waals surface area contributed by atoms with Gasteiger partial charge in [-0.2, -0.15) is 5.26 Å². The molecule has 1 aromatic heterocycles. The molecule has 0 bridgehead atoms. The first-order valence-corrected chi connectivity index (χ1v) is 7.67. The van der Waals surface area contributed by atoms with E-state index in [9.17, 15) is 15.4 Å². The van der Waals surface area contributed by atoms with Gasteiger partial charge in [0.25, 0.3) is 5.69 Å². The molecule has 0 N–H and O–H groups in total. The van der Waals surface area contributed by atoms with Crippen molar-refractivity contribution < 1.29 is 9.34 Å². The number of allylic oxidation sites excluding steroid dienone is 1. The monoisotopic (exact) mass is 350 g/mol. The summed E-state index contributed by atoms with van der Waals surface area (Å²) in [4.78, 5) is 10.2. The van der Waals surface area contributed by atoms with Gasteiger partial charge in [-0.1, -0.05) is 23.7 Å². The smallest absolute Gasteiger partial charge is 0.269 e. The summed E-state index contributed by atoms with van der Waals surface area (Å²) < 4.78 is 5.75. The Labute approximate surface area is 148 Å². The van der Waals surface area contributed by atoms with Gasteiger partial charge in [-0.05, 0) is 48.0 Å². The molecule has 0 amide bonds. The molecule has 0 saturated carbocycles. The number of halogens is 1. The van der Waals surface area contributed by atoms with Crippen molar-refractivity contribution in [1.82, 2.24) is 0 Å².